The molecule has 0 radical (unpaired) electrons. The maximum atomic E-state index is 10.4. The van der Waals surface area contributed by atoms with E-state index in [4.69, 9.17) is 5.11 Å². The van der Waals surface area contributed by atoms with Gasteiger partial charge in [0.15, 0.2) is 0 Å². The van der Waals surface area contributed by atoms with Crippen LogP contribution in [0.25, 0.3) is 0 Å². The van der Waals surface area contributed by atoms with E-state index in [1.54, 1.807) is 0 Å². The molecule has 1 rings (SSSR count). The zero-order chi connectivity index (χ0) is 7.40. The van der Waals surface area contributed by atoms with Crippen molar-refractivity contribution in [2.75, 3.05) is 19.8 Å². The van der Waals surface area contributed by atoms with Crippen LogP contribution in [0.15, 0.2) is 0 Å². The van der Waals surface area contributed by atoms with Crippen molar-refractivity contribution in [2.24, 2.45) is 0 Å². The summed E-state index contributed by atoms with van der Waals surface area (Å²) in [6.45, 7) is 2.08. The van der Waals surface area contributed by atoms with E-state index in [2.05, 4.69) is 5.32 Å². The van der Waals surface area contributed by atoms with Crippen LogP contribution in [0.5, 0.6) is 0 Å². The highest BCUT2D eigenvalue weighted by atomic mass is 35.5. The highest BCUT2D eigenvalue weighted by Gasteiger charge is 2.12. The van der Waals surface area contributed by atoms with E-state index in [9.17, 15) is 4.79 Å². The van der Waals surface area contributed by atoms with Crippen LogP contribution >= 0.6 is 12.4 Å². The first-order valence-corrected chi connectivity index (χ1v) is 3.49. The summed E-state index contributed by atoms with van der Waals surface area (Å²) in [5.41, 5.74) is 0. The van der Waals surface area contributed by atoms with Gasteiger partial charge in [0, 0.05) is 6.54 Å². The minimum atomic E-state index is -0.825. The number of halogens is 1. The first kappa shape index (κ1) is 10.5. The molecule has 0 saturated carbocycles. The summed E-state index contributed by atoms with van der Waals surface area (Å²) < 4.78 is 0. The fourth-order valence-electron chi connectivity index (χ4n) is 1.01. The molecular weight excluding hydrogens is 168 g/mol. The fourth-order valence-corrected chi connectivity index (χ4v) is 1.01. The SMILES string of the molecule is Cl.O=C(O)N1CCCCNC1. The van der Waals surface area contributed by atoms with Crippen molar-refractivity contribution in [1.29, 1.82) is 0 Å². The molecule has 1 fully saturated rings. The van der Waals surface area contributed by atoms with Crippen LogP contribution in [0.4, 0.5) is 4.79 Å². The monoisotopic (exact) mass is 180 g/mol. The van der Waals surface area contributed by atoms with Crippen molar-refractivity contribution in [3.8, 4) is 0 Å². The van der Waals surface area contributed by atoms with Crippen molar-refractivity contribution in [2.45, 2.75) is 12.8 Å². The lowest BCUT2D eigenvalue weighted by molar-refractivity contribution is 0.144. The number of hydrogen-bond donors (Lipinski definition) is 2. The topological polar surface area (TPSA) is 52.6 Å². The summed E-state index contributed by atoms with van der Waals surface area (Å²) in [5, 5.41) is 11.6. The van der Waals surface area contributed by atoms with Gasteiger partial charge in [-0.05, 0) is 19.4 Å². The van der Waals surface area contributed by atoms with Gasteiger partial charge < -0.3 is 5.11 Å². The minimum Gasteiger partial charge on any atom is -0.465 e. The second kappa shape index (κ2) is 5.21. The Labute approximate surface area is 72.0 Å². The molecule has 11 heavy (non-hydrogen) atoms. The summed E-state index contributed by atoms with van der Waals surface area (Å²) >= 11 is 0. The third-order valence-electron chi connectivity index (χ3n) is 1.60. The van der Waals surface area contributed by atoms with Crippen LogP contribution in [0, 0.1) is 0 Å². The lowest BCUT2D eigenvalue weighted by Crippen LogP contribution is -2.36. The van der Waals surface area contributed by atoms with Crippen molar-refractivity contribution >= 4 is 18.5 Å². The quantitative estimate of drug-likeness (QED) is 0.578. The molecule has 1 amide bonds. The summed E-state index contributed by atoms with van der Waals surface area (Å²) in [7, 11) is 0. The van der Waals surface area contributed by atoms with Crippen LogP contribution in [0.1, 0.15) is 12.8 Å². The molecule has 1 aliphatic heterocycles. The molecule has 0 aromatic carbocycles. The van der Waals surface area contributed by atoms with E-state index in [0.717, 1.165) is 19.4 Å². The van der Waals surface area contributed by atoms with Crippen molar-refractivity contribution < 1.29 is 9.90 Å². The van der Waals surface area contributed by atoms with Gasteiger partial charge in [-0.2, -0.15) is 0 Å². The molecule has 1 saturated heterocycles. The standard InChI is InChI=1S/C6H12N2O2.ClH/c9-6(10)8-4-2-1-3-7-5-8;/h7H,1-5H2,(H,9,10);1H. The van der Waals surface area contributed by atoms with Crippen LogP contribution in [0.2, 0.25) is 0 Å². The van der Waals surface area contributed by atoms with E-state index in [1.165, 1.54) is 4.90 Å². The Balaban J connectivity index is 0.000001000. The summed E-state index contributed by atoms with van der Waals surface area (Å²) in [4.78, 5) is 11.8. The molecule has 0 unspecified atom stereocenters. The second-order valence-corrected chi connectivity index (χ2v) is 2.41. The molecule has 5 heteroatoms. The number of nitrogens with zero attached hydrogens (tertiary/aromatic N) is 1. The molecular formula is C6H13ClN2O2. The summed E-state index contributed by atoms with van der Waals surface area (Å²) in [6.07, 6.45) is 1.22. The Bertz CT molecular complexity index is 124. The number of rotatable bonds is 0. The molecule has 2 N–H and O–H groups in total. The van der Waals surface area contributed by atoms with Gasteiger partial charge in [-0.15, -0.1) is 12.4 Å². The predicted octanol–water partition coefficient (Wildman–Crippen LogP) is 0.729. The van der Waals surface area contributed by atoms with E-state index < -0.39 is 6.09 Å². The Morgan fingerprint density at radius 1 is 1.45 bits per heavy atom. The third-order valence-corrected chi connectivity index (χ3v) is 1.60. The van der Waals surface area contributed by atoms with Crippen molar-refractivity contribution in [3.63, 3.8) is 0 Å². The summed E-state index contributed by atoms with van der Waals surface area (Å²) in [5.74, 6) is 0. The molecule has 1 heterocycles. The van der Waals surface area contributed by atoms with E-state index >= 15 is 0 Å². The Morgan fingerprint density at radius 2 is 2.18 bits per heavy atom. The van der Waals surface area contributed by atoms with Gasteiger partial charge in [0.25, 0.3) is 0 Å². The number of amides is 1. The third kappa shape index (κ3) is 3.43. The number of carboxylic acid groups (broad SMARTS) is 1. The van der Waals surface area contributed by atoms with Gasteiger partial charge in [-0.3, -0.25) is 10.2 Å². The summed E-state index contributed by atoms with van der Waals surface area (Å²) in [6, 6.07) is 0. The lowest BCUT2D eigenvalue weighted by atomic mass is 10.3. The largest absolute Gasteiger partial charge is 0.465 e. The molecule has 1 aliphatic rings. The molecule has 0 aromatic rings. The lowest BCUT2D eigenvalue weighted by Gasteiger charge is -2.14. The number of carbonyl (C=O) groups is 1. The van der Waals surface area contributed by atoms with Gasteiger partial charge in [0.2, 0.25) is 0 Å². The van der Waals surface area contributed by atoms with Gasteiger partial charge in [0.1, 0.15) is 0 Å². The van der Waals surface area contributed by atoms with Gasteiger partial charge in [-0.1, -0.05) is 0 Å². The average Bonchev–Trinajstić information content (AvgIpc) is 2.12. The fraction of sp³-hybridized carbons (Fsp3) is 0.833. The molecule has 0 aliphatic carbocycles. The van der Waals surface area contributed by atoms with Gasteiger partial charge in [-0.25, -0.2) is 4.79 Å². The number of hydrogen-bond acceptors (Lipinski definition) is 2. The second-order valence-electron chi connectivity index (χ2n) is 2.41. The molecule has 0 spiro atoms. The molecule has 4 nitrogen and oxygen atoms in total. The zero-order valence-electron chi connectivity index (χ0n) is 6.25. The smallest absolute Gasteiger partial charge is 0.408 e. The van der Waals surface area contributed by atoms with E-state index in [1.807, 2.05) is 0 Å². The predicted molar refractivity (Wildman–Crippen MR) is 44.1 cm³/mol. The highest BCUT2D eigenvalue weighted by Crippen LogP contribution is 1.97. The normalized spacial score (nSPS) is 18.4. The highest BCUT2D eigenvalue weighted by molar-refractivity contribution is 5.85. The van der Waals surface area contributed by atoms with E-state index in [0.29, 0.717) is 13.2 Å². The van der Waals surface area contributed by atoms with Crippen molar-refractivity contribution in [1.82, 2.24) is 10.2 Å². The van der Waals surface area contributed by atoms with Gasteiger partial charge >= 0.3 is 6.09 Å². The van der Waals surface area contributed by atoms with E-state index in [-0.39, 0.29) is 12.4 Å². The maximum Gasteiger partial charge on any atom is 0.408 e. The van der Waals surface area contributed by atoms with Crippen LogP contribution in [-0.4, -0.2) is 35.9 Å². The Kier molecular flexibility index (Phi) is 4.98. The van der Waals surface area contributed by atoms with Crippen LogP contribution in [-0.2, 0) is 0 Å². The first-order valence-electron chi connectivity index (χ1n) is 3.49. The zero-order valence-corrected chi connectivity index (χ0v) is 7.06. The van der Waals surface area contributed by atoms with Crippen LogP contribution < -0.4 is 5.32 Å². The number of nitrogens with one attached hydrogen (secondary N) is 1. The molecule has 0 atom stereocenters. The Hall–Kier alpha value is -0.480. The van der Waals surface area contributed by atoms with Gasteiger partial charge in [0.05, 0.1) is 6.67 Å². The Morgan fingerprint density at radius 3 is 2.82 bits per heavy atom. The first-order chi connectivity index (χ1) is 4.80. The minimum absolute atomic E-state index is 0. The van der Waals surface area contributed by atoms with Crippen molar-refractivity contribution in [3.05, 3.63) is 0 Å². The average molecular weight is 181 g/mol. The maximum absolute atomic E-state index is 10.4. The van der Waals surface area contributed by atoms with Crippen LogP contribution in [0.3, 0.4) is 0 Å². The molecule has 66 valence electrons. The molecule has 0 bridgehead atoms. The molecule has 0 aromatic heterocycles.